The molecule has 0 aliphatic rings. The summed E-state index contributed by atoms with van der Waals surface area (Å²) in [5.41, 5.74) is 2.07. The summed E-state index contributed by atoms with van der Waals surface area (Å²) in [6.07, 6.45) is 1.58. The molecule has 18 heavy (non-hydrogen) atoms. The highest BCUT2D eigenvalue weighted by molar-refractivity contribution is 5.29. The lowest BCUT2D eigenvalue weighted by atomic mass is 10.2. The number of benzene rings is 1. The highest BCUT2D eigenvalue weighted by Crippen LogP contribution is 2.15. The van der Waals surface area contributed by atoms with E-state index in [-0.39, 0.29) is 6.61 Å². The van der Waals surface area contributed by atoms with Crippen molar-refractivity contribution in [1.82, 2.24) is 4.98 Å². The van der Waals surface area contributed by atoms with Gasteiger partial charge < -0.3 is 9.84 Å². The summed E-state index contributed by atoms with van der Waals surface area (Å²) in [7, 11) is 0. The molecule has 1 aromatic carbocycles. The molecule has 0 spiro atoms. The third kappa shape index (κ3) is 3.06. The van der Waals surface area contributed by atoms with Gasteiger partial charge in [-0.15, -0.1) is 0 Å². The second kappa shape index (κ2) is 5.80. The average molecular weight is 240 g/mol. The molecule has 1 heterocycles. The molecule has 2 aromatic rings. The van der Waals surface area contributed by atoms with Crippen molar-refractivity contribution in [2.75, 3.05) is 0 Å². The van der Waals surface area contributed by atoms with Crippen LogP contribution in [0.1, 0.15) is 16.8 Å². The van der Waals surface area contributed by atoms with Gasteiger partial charge in [-0.1, -0.05) is 12.1 Å². The molecule has 0 amide bonds. The van der Waals surface area contributed by atoms with E-state index in [1.807, 2.05) is 24.3 Å². The lowest BCUT2D eigenvalue weighted by molar-refractivity contribution is 0.278. The first-order chi connectivity index (χ1) is 8.81. The highest BCUT2D eigenvalue weighted by atomic mass is 16.5. The van der Waals surface area contributed by atoms with E-state index in [0.29, 0.717) is 18.1 Å². The van der Waals surface area contributed by atoms with E-state index in [1.165, 1.54) is 0 Å². The highest BCUT2D eigenvalue weighted by Gasteiger charge is 1.99. The summed E-state index contributed by atoms with van der Waals surface area (Å²) < 4.78 is 5.59. The Morgan fingerprint density at radius 3 is 2.89 bits per heavy atom. The number of aromatic nitrogens is 1. The Hall–Kier alpha value is -2.38. The van der Waals surface area contributed by atoms with Crippen LogP contribution in [0.5, 0.6) is 5.75 Å². The van der Waals surface area contributed by atoms with Crippen LogP contribution in [0.3, 0.4) is 0 Å². The lowest BCUT2D eigenvalue weighted by Gasteiger charge is -2.07. The maximum atomic E-state index is 9.02. The summed E-state index contributed by atoms with van der Waals surface area (Å²) in [6, 6.07) is 12.7. The molecule has 1 N–H and O–H groups in total. The zero-order valence-corrected chi connectivity index (χ0v) is 9.71. The SMILES string of the molecule is N#Cc1cc(COc2cccc(CO)c2)ccn1. The van der Waals surface area contributed by atoms with E-state index >= 15 is 0 Å². The molecule has 0 aliphatic heterocycles. The fourth-order valence-corrected chi connectivity index (χ4v) is 1.53. The molecule has 0 radical (unpaired) electrons. The Morgan fingerprint density at radius 2 is 2.11 bits per heavy atom. The molecule has 2 rings (SSSR count). The van der Waals surface area contributed by atoms with Crippen LogP contribution in [0.4, 0.5) is 0 Å². The van der Waals surface area contributed by atoms with Gasteiger partial charge in [0.15, 0.2) is 0 Å². The lowest BCUT2D eigenvalue weighted by Crippen LogP contribution is -1.97. The number of rotatable bonds is 4. The van der Waals surface area contributed by atoms with Crippen molar-refractivity contribution >= 4 is 0 Å². The molecule has 0 aliphatic carbocycles. The van der Waals surface area contributed by atoms with Crippen LogP contribution < -0.4 is 4.74 Å². The van der Waals surface area contributed by atoms with E-state index in [9.17, 15) is 0 Å². The van der Waals surface area contributed by atoms with Crippen molar-refractivity contribution in [1.29, 1.82) is 5.26 Å². The zero-order chi connectivity index (χ0) is 12.8. The summed E-state index contributed by atoms with van der Waals surface area (Å²) in [5, 5.41) is 17.8. The average Bonchev–Trinajstić information content (AvgIpc) is 2.45. The molecule has 90 valence electrons. The molecular weight excluding hydrogens is 228 g/mol. The molecule has 0 saturated heterocycles. The summed E-state index contributed by atoms with van der Waals surface area (Å²) in [6.45, 7) is 0.358. The Labute approximate surface area is 105 Å². The van der Waals surface area contributed by atoms with Crippen molar-refractivity contribution < 1.29 is 9.84 Å². The summed E-state index contributed by atoms with van der Waals surface area (Å²) in [5.74, 6) is 0.692. The molecule has 0 atom stereocenters. The van der Waals surface area contributed by atoms with Gasteiger partial charge in [0, 0.05) is 6.20 Å². The van der Waals surface area contributed by atoms with Gasteiger partial charge in [0.05, 0.1) is 6.61 Å². The van der Waals surface area contributed by atoms with Crippen molar-refractivity contribution in [2.24, 2.45) is 0 Å². The fourth-order valence-electron chi connectivity index (χ4n) is 1.53. The summed E-state index contributed by atoms with van der Waals surface area (Å²) >= 11 is 0. The molecule has 4 heteroatoms. The van der Waals surface area contributed by atoms with Gasteiger partial charge in [-0.05, 0) is 35.4 Å². The van der Waals surface area contributed by atoms with Gasteiger partial charge in [0.2, 0.25) is 0 Å². The van der Waals surface area contributed by atoms with Gasteiger partial charge in [0.1, 0.15) is 24.1 Å². The number of nitriles is 1. The molecular formula is C14H12N2O2. The Morgan fingerprint density at radius 1 is 1.22 bits per heavy atom. The predicted molar refractivity (Wildman–Crippen MR) is 65.6 cm³/mol. The van der Waals surface area contributed by atoms with Crippen molar-refractivity contribution in [3.8, 4) is 11.8 Å². The van der Waals surface area contributed by atoms with Gasteiger partial charge in [-0.25, -0.2) is 4.98 Å². The molecule has 0 bridgehead atoms. The number of ether oxygens (including phenoxy) is 1. The predicted octanol–water partition coefficient (Wildman–Crippen LogP) is 2.02. The minimum Gasteiger partial charge on any atom is -0.489 e. The van der Waals surface area contributed by atoms with Crippen LogP contribution in [0.2, 0.25) is 0 Å². The van der Waals surface area contributed by atoms with E-state index in [1.54, 1.807) is 24.4 Å². The minimum absolute atomic E-state index is 0.00889. The zero-order valence-electron chi connectivity index (χ0n) is 9.71. The van der Waals surface area contributed by atoms with Crippen LogP contribution >= 0.6 is 0 Å². The van der Waals surface area contributed by atoms with Gasteiger partial charge in [-0.2, -0.15) is 5.26 Å². The maximum absolute atomic E-state index is 9.02. The van der Waals surface area contributed by atoms with E-state index in [0.717, 1.165) is 11.1 Å². The van der Waals surface area contributed by atoms with Crippen LogP contribution in [0.15, 0.2) is 42.6 Å². The van der Waals surface area contributed by atoms with Gasteiger partial charge in [-0.3, -0.25) is 0 Å². The molecule has 1 aromatic heterocycles. The number of pyridine rings is 1. The first kappa shape index (κ1) is 12.1. The third-order valence-electron chi connectivity index (χ3n) is 2.43. The largest absolute Gasteiger partial charge is 0.489 e. The molecule has 0 saturated carbocycles. The van der Waals surface area contributed by atoms with Crippen molar-refractivity contribution in [3.05, 3.63) is 59.4 Å². The first-order valence-corrected chi connectivity index (χ1v) is 5.49. The second-order valence-electron chi connectivity index (χ2n) is 3.76. The van der Waals surface area contributed by atoms with Gasteiger partial charge >= 0.3 is 0 Å². The Balaban J connectivity index is 2.04. The Bertz CT molecular complexity index is 576. The van der Waals surface area contributed by atoms with Gasteiger partial charge in [0.25, 0.3) is 0 Å². The number of aliphatic hydroxyl groups excluding tert-OH is 1. The summed E-state index contributed by atoms with van der Waals surface area (Å²) in [4.78, 5) is 3.89. The van der Waals surface area contributed by atoms with Crippen LogP contribution in [-0.4, -0.2) is 10.1 Å². The van der Waals surface area contributed by atoms with E-state index < -0.39 is 0 Å². The monoisotopic (exact) mass is 240 g/mol. The minimum atomic E-state index is -0.00889. The number of aliphatic hydroxyl groups is 1. The molecule has 4 nitrogen and oxygen atoms in total. The quantitative estimate of drug-likeness (QED) is 0.887. The first-order valence-electron chi connectivity index (χ1n) is 5.49. The van der Waals surface area contributed by atoms with E-state index in [4.69, 9.17) is 15.1 Å². The van der Waals surface area contributed by atoms with Crippen molar-refractivity contribution in [2.45, 2.75) is 13.2 Å². The molecule has 0 fully saturated rings. The third-order valence-corrected chi connectivity index (χ3v) is 2.43. The van der Waals surface area contributed by atoms with Crippen LogP contribution in [0, 0.1) is 11.3 Å². The standard InChI is InChI=1S/C14H12N2O2/c15-8-13-6-12(4-5-16-13)10-18-14-3-1-2-11(7-14)9-17/h1-7,17H,9-10H2. The fraction of sp³-hybridized carbons (Fsp3) is 0.143. The van der Waals surface area contributed by atoms with Crippen LogP contribution in [-0.2, 0) is 13.2 Å². The molecule has 0 unspecified atom stereocenters. The number of hydrogen-bond donors (Lipinski definition) is 1. The number of hydrogen-bond acceptors (Lipinski definition) is 4. The van der Waals surface area contributed by atoms with E-state index in [2.05, 4.69) is 4.98 Å². The van der Waals surface area contributed by atoms with Crippen molar-refractivity contribution in [3.63, 3.8) is 0 Å². The number of nitrogens with zero attached hydrogens (tertiary/aromatic N) is 2. The smallest absolute Gasteiger partial charge is 0.140 e. The maximum Gasteiger partial charge on any atom is 0.140 e. The topological polar surface area (TPSA) is 66.1 Å². The second-order valence-corrected chi connectivity index (χ2v) is 3.76. The van der Waals surface area contributed by atoms with Crippen LogP contribution in [0.25, 0.3) is 0 Å². The Kier molecular flexibility index (Phi) is 3.90. The normalized spacial score (nSPS) is 9.78.